The molecule has 0 amide bonds. The van der Waals surface area contributed by atoms with Crippen molar-refractivity contribution in [3.05, 3.63) is 29.8 Å². The van der Waals surface area contributed by atoms with Gasteiger partial charge in [-0.1, -0.05) is 18.2 Å². The lowest BCUT2D eigenvalue weighted by molar-refractivity contribution is 0.410. The van der Waals surface area contributed by atoms with Gasteiger partial charge in [-0.3, -0.25) is 0 Å². The lowest BCUT2D eigenvalue weighted by Gasteiger charge is -2.21. The fraction of sp³-hybridized carbons (Fsp3) is 0.462. The summed E-state index contributed by atoms with van der Waals surface area (Å²) in [7, 11) is 1.65. The molecule has 102 valence electrons. The molecule has 1 aromatic rings. The van der Waals surface area contributed by atoms with Crippen molar-refractivity contribution in [2.45, 2.75) is 32.9 Å². The molecule has 0 bridgehead atoms. The predicted octanol–water partition coefficient (Wildman–Crippen LogP) is 2.52. The monoisotopic (exact) mass is 363 g/mol. The third kappa shape index (κ3) is 6.09. The highest BCUT2D eigenvalue weighted by molar-refractivity contribution is 14.0. The van der Waals surface area contributed by atoms with Gasteiger partial charge in [-0.15, -0.1) is 24.0 Å². The SMILES string of the molecule is COc1ccccc1CN=C(N)NC(C)(C)C.I. The largest absolute Gasteiger partial charge is 0.496 e. The molecule has 0 aliphatic heterocycles. The number of nitrogens with zero attached hydrogens (tertiary/aromatic N) is 1. The highest BCUT2D eigenvalue weighted by Gasteiger charge is 2.09. The maximum absolute atomic E-state index is 5.80. The van der Waals surface area contributed by atoms with Gasteiger partial charge in [-0.25, -0.2) is 4.99 Å². The maximum atomic E-state index is 5.80. The molecule has 1 aromatic carbocycles. The van der Waals surface area contributed by atoms with Gasteiger partial charge in [0.2, 0.25) is 0 Å². The lowest BCUT2D eigenvalue weighted by Crippen LogP contribution is -2.44. The summed E-state index contributed by atoms with van der Waals surface area (Å²) in [5.41, 5.74) is 6.74. The molecule has 0 aromatic heterocycles. The van der Waals surface area contributed by atoms with E-state index in [0.29, 0.717) is 12.5 Å². The van der Waals surface area contributed by atoms with Gasteiger partial charge in [0.15, 0.2) is 5.96 Å². The average Bonchev–Trinajstić information content (AvgIpc) is 2.24. The van der Waals surface area contributed by atoms with Gasteiger partial charge in [0.25, 0.3) is 0 Å². The Morgan fingerprint density at radius 3 is 2.50 bits per heavy atom. The smallest absolute Gasteiger partial charge is 0.189 e. The first-order chi connectivity index (χ1) is 7.92. The number of para-hydroxylation sites is 1. The number of halogens is 1. The molecule has 0 unspecified atom stereocenters. The minimum atomic E-state index is -0.0750. The second-order valence-electron chi connectivity index (χ2n) is 4.89. The van der Waals surface area contributed by atoms with Gasteiger partial charge in [-0.2, -0.15) is 0 Å². The van der Waals surface area contributed by atoms with Crippen molar-refractivity contribution in [2.75, 3.05) is 7.11 Å². The molecule has 0 atom stereocenters. The molecule has 0 heterocycles. The Kier molecular flexibility index (Phi) is 7.05. The number of rotatable bonds is 3. The molecule has 18 heavy (non-hydrogen) atoms. The van der Waals surface area contributed by atoms with Crippen LogP contribution in [-0.2, 0) is 6.54 Å². The van der Waals surface area contributed by atoms with Gasteiger partial charge in [-0.05, 0) is 26.8 Å². The normalized spacial score (nSPS) is 11.7. The van der Waals surface area contributed by atoms with Gasteiger partial charge in [0.05, 0.1) is 13.7 Å². The van der Waals surface area contributed by atoms with E-state index in [0.717, 1.165) is 11.3 Å². The summed E-state index contributed by atoms with van der Waals surface area (Å²) in [6.07, 6.45) is 0. The molecular weight excluding hydrogens is 341 g/mol. The van der Waals surface area contributed by atoms with E-state index in [-0.39, 0.29) is 29.5 Å². The molecule has 0 radical (unpaired) electrons. The van der Waals surface area contributed by atoms with Crippen molar-refractivity contribution in [1.29, 1.82) is 0 Å². The van der Waals surface area contributed by atoms with E-state index in [2.05, 4.69) is 10.3 Å². The summed E-state index contributed by atoms with van der Waals surface area (Å²) in [5, 5.41) is 3.11. The summed E-state index contributed by atoms with van der Waals surface area (Å²) in [6, 6.07) is 7.79. The highest BCUT2D eigenvalue weighted by atomic mass is 127. The number of methoxy groups -OCH3 is 1. The first-order valence-electron chi connectivity index (χ1n) is 5.62. The number of nitrogens with one attached hydrogen (secondary N) is 1. The molecule has 0 saturated heterocycles. The van der Waals surface area contributed by atoms with Crippen molar-refractivity contribution in [3.8, 4) is 5.75 Å². The standard InChI is InChI=1S/C13H21N3O.HI/c1-13(2,3)16-12(14)15-9-10-7-5-6-8-11(10)17-4;/h5-8H,9H2,1-4H3,(H3,14,15,16);1H. The van der Waals surface area contributed by atoms with Gasteiger partial charge >= 0.3 is 0 Å². The van der Waals surface area contributed by atoms with Gasteiger partial charge in [0, 0.05) is 11.1 Å². The number of nitrogens with two attached hydrogens (primary N) is 1. The van der Waals surface area contributed by atoms with Crippen LogP contribution in [0.15, 0.2) is 29.3 Å². The quantitative estimate of drug-likeness (QED) is 0.493. The predicted molar refractivity (Wildman–Crippen MR) is 86.6 cm³/mol. The number of benzene rings is 1. The van der Waals surface area contributed by atoms with Crippen molar-refractivity contribution in [2.24, 2.45) is 10.7 Å². The molecule has 4 nitrogen and oxygen atoms in total. The van der Waals surface area contributed by atoms with Gasteiger partial charge < -0.3 is 15.8 Å². The number of guanidine groups is 1. The summed E-state index contributed by atoms with van der Waals surface area (Å²) >= 11 is 0. The van der Waals surface area contributed by atoms with Gasteiger partial charge in [0.1, 0.15) is 5.75 Å². The van der Waals surface area contributed by atoms with Crippen LogP contribution in [0, 0.1) is 0 Å². The Balaban J connectivity index is 0.00000289. The van der Waals surface area contributed by atoms with Crippen LogP contribution in [0.25, 0.3) is 0 Å². The van der Waals surface area contributed by atoms with Crippen molar-refractivity contribution < 1.29 is 4.74 Å². The summed E-state index contributed by atoms with van der Waals surface area (Å²) in [5.74, 6) is 1.28. The lowest BCUT2D eigenvalue weighted by atomic mass is 10.1. The summed E-state index contributed by atoms with van der Waals surface area (Å²) < 4.78 is 5.25. The molecule has 0 aliphatic rings. The van der Waals surface area contributed by atoms with E-state index in [4.69, 9.17) is 10.5 Å². The molecule has 1 rings (SSSR count). The van der Waals surface area contributed by atoms with Crippen molar-refractivity contribution in [3.63, 3.8) is 0 Å². The van der Waals surface area contributed by atoms with Crippen LogP contribution in [0.5, 0.6) is 5.75 Å². The van der Waals surface area contributed by atoms with Crippen LogP contribution >= 0.6 is 24.0 Å². The second kappa shape index (κ2) is 7.45. The van der Waals surface area contributed by atoms with E-state index in [1.807, 2.05) is 45.0 Å². The Morgan fingerprint density at radius 2 is 1.94 bits per heavy atom. The number of hydrogen-bond acceptors (Lipinski definition) is 2. The van der Waals surface area contributed by atoms with E-state index in [9.17, 15) is 0 Å². The molecule has 0 aliphatic carbocycles. The van der Waals surface area contributed by atoms with E-state index in [1.165, 1.54) is 0 Å². The molecule has 3 N–H and O–H groups in total. The van der Waals surface area contributed by atoms with E-state index < -0.39 is 0 Å². The van der Waals surface area contributed by atoms with E-state index >= 15 is 0 Å². The minimum absolute atomic E-state index is 0. The molecular formula is C13H22IN3O. The van der Waals surface area contributed by atoms with Crippen LogP contribution in [-0.4, -0.2) is 18.6 Å². The minimum Gasteiger partial charge on any atom is -0.496 e. The fourth-order valence-corrected chi connectivity index (χ4v) is 1.43. The van der Waals surface area contributed by atoms with Crippen molar-refractivity contribution in [1.82, 2.24) is 5.32 Å². The van der Waals surface area contributed by atoms with E-state index in [1.54, 1.807) is 7.11 Å². The zero-order valence-corrected chi connectivity index (χ0v) is 13.7. The Bertz CT molecular complexity index is 399. The zero-order chi connectivity index (χ0) is 12.9. The summed E-state index contributed by atoms with van der Waals surface area (Å²) in [6.45, 7) is 6.63. The van der Waals surface area contributed by atoms with Crippen LogP contribution in [0.2, 0.25) is 0 Å². The first-order valence-corrected chi connectivity index (χ1v) is 5.62. The van der Waals surface area contributed by atoms with Crippen LogP contribution in [0.1, 0.15) is 26.3 Å². The van der Waals surface area contributed by atoms with Crippen LogP contribution < -0.4 is 15.8 Å². The molecule has 5 heteroatoms. The zero-order valence-electron chi connectivity index (χ0n) is 11.4. The van der Waals surface area contributed by atoms with Crippen molar-refractivity contribution >= 4 is 29.9 Å². The Labute approximate surface area is 126 Å². The molecule has 0 fully saturated rings. The second-order valence-corrected chi connectivity index (χ2v) is 4.89. The highest BCUT2D eigenvalue weighted by Crippen LogP contribution is 2.17. The number of aliphatic imine (C=N–C) groups is 1. The Morgan fingerprint density at radius 1 is 1.33 bits per heavy atom. The number of ether oxygens (including phenoxy) is 1. The Hall–Kier alpha value is -0.980. The molecule has 0 saturated carbocycles. The topological polar surface area (TPSA) is 59.6 Å². The fourth-order valence-electron chi connectivity index (χ4n) is 1.43. The van der Waals surface area contributed by atoms with Crippen LogP contribution in [0.3, 0.4) is 0 Å². The summed E-state index contributed by atoms with van der Waals surface area (Å²) in [4.78, 5) is 4.29. The third-order valence-electron chi connectivity index (χ3n) is 2.12. The number of hydrogen-bond donors (Lipinski definition) is 2. The van der Waals surface area contributed by atoms with Crippen LogP contribution in [0.4, 0.5) is 0 Å². The third-order valence-corrected chi connectivity index (χ3v) is 2.12. The average molecular weight is 363 g/mol. The maximum Gasteiger partial charge on any atom is 0.189 e. The first kappa shape index (κ1) is 17.0. The molecule has 0 spiro atoms.